The topological polar surface area (TPSA) is 18.5 Å². The van der Waals surface area contributed by atoms with E-state index >= 15 is 0 Å². The van der Waals surface area contributed by atoms with Crippen molar-refractivity contribution in [3.05, 3.63) is 0 Å². The summed E-state index contributed by atoms with van der Waals surface area (Å²) in [6, 6.07) is 0.780. The molecule has 0 bridgehead atoms. The third-order valence-corrected chi connectivity index (χ3v) is 2.75. The second-order valence-electron chi connectivity index (χ2n) is 3.57. The normalized spacial score (nSPS) is 30.3. The van der Waals surface area contributed by atoms with Gasteiger partial charge >= 0.3 is 0 Å². The summed E-state index contributed by atoms with van der Waals surface area (Å²) < 4.78 is 0. The fraction of sp³-hybridized carbons (Fsp3) is 1.00. The summed E-state index contributed by atoms with van der Waals surface area (Å²) in [4.78, 5) is 0. The molecule has 0 atom stereocenters. The Balaban J connectivity index is 1.92. The van der Waals surface area contributed by atoms with Crippen LogP contribution in [0.3, 0.4) is 0 Å². The summed E-state index contributed by atoms with van der Waals surface area (Å²) in [6.45, 7) is 2.28. The molecule has 1 saturated carbocycles. The maximum absolute atomic E-state index is 3.41. The van der Waals surface area contributed by atoms with Crippen molar-refractivity contribution in [2.45, 2.75) is 31.7 Å². The van der Waals surface area contributed by atoms with E-state index in [1.807, 2.05) is 0 Å². The number of nitrogens with zero attached hydrogens (tertiary/aromatic N) is 2. The summed E-state index contributed by atoms with van der Waals surface area (Å²) in [7, 11) is 2.16. The number of rotatable bonds is 1. The molecule has 0 aromatic heterocycles. The minimum Gasteiger partial charge on any atom is -0.240 e. The summed E-state index contributed by atoms with van der Waals surface area (Å²) >= 11 is 0. The Morgan fingerprint density at radius 3 is 2.55 bits per heavy atom. The Morgan fingerprint density at radius 1 is 1.27 bits per heavy atom. The first-order valence-corrected chi connectivity index (χ1v) is 4.62. The number of hydrogen-bond acceptors (Lipinski definition) is 3. The number of hydrogen-bond donors (Lipinski definition) is 1. The van der Waals surface area contributed by atoms with Crippen molar-refractivity contribution in [3.63, 3.8) is 0 Å². The first-order chi connectivity index (χ1) is 5.38. The van der Waals surface area contributed by atoms with Crippen LogP contribution in [-0.4, -0.2) is 36.3 Å². The minimum absolute atomic E-state index is 0.780. The van der Waals surface area contributed by atoms with Gasteiger partial charge in [-0.2, -0.15) is 5.12 Å². The van der Waals surface area contributed by atoms with Crippen molar-refractivity contribution in [1.82, 2.24) is 15.6 Å². The van der Waals surface area contributed by atoms with E-state index < -0.39 is 0 Å². The Kier molecular flexibility index (Phi) is 2.11. The molecule has 2 fully saturated rings. The molecule has 1 heterocycles. The van der Waals surface area contributed by atoms with Gasteiger partial charge in [0.25, 0.3) is 0 Å². The quantitative estimate of drug-likeness (QED) is 0.598. The maximum Gasteiger partial charge on any atom is 0.0402 e. The van der Waals surface area contributed by atoms with E-state index in [1.165, 1.54) is 25.7 Å². The molecule has 2 aliphatic rings. The Hall–Kier alpha value is -0.120. The smallest absolute Gasteiger partial charge is 0.0402 e. The molecule has 11 heavy (non-hydrogen) atoms. The molecule has 0 unspecified atom stereocenters. The third-order valence-electron chi connectivity index (χ3n) is 2.75. The molecule has 0 aromatic rings. The second-order valence-corrected chi connectivity index (χ2v) is 3.57. The molecule has 2 rings (SSSR count). The predicted octanol–water partition coefficient (Wildman–Crippen LogP) is 0.596. The fourth-order valence-electron chi connectivity index (χ4n) is 2.11. The largest absolute Gasteiger partial charge is 0.240 e. The minimum atomic E-state index is 0.780. The van der Waals surface area contributed by atoms with Crippen molar-refractivity contribution < 1.29 is 0 Å². The monoisotopic (exact) mass is 155 g/mol. The van der Waals surface area contributed by atoms with Gasteiger partial charge < -0.3 is 0 Å². The molecule has 3 heteroatoms. The standard InChI is InChI=1S/C8H17N3/c1-10-7-6-9-11(10)8-4-2-3-5-8/h8-9H,2-7H2,1H3. The Bertz CT molecular complexity index is 131. The van der Waals surface area contributed by atoms with E-state index in [0.717, 1.165) is 19.1 Å². The highest BCUT2D eigenvalue weighted by Gasteiger charge is 2.28. The van der Waals surface area contributed by atoms with Crippen LogP contribution in [-0.2, 0) is 0 Å². The van der Waals surface area contributed by atoms with Crippen LogP contribution in [0.25, 0.3) is 0 Å². The summed E-state index contributed by atoms with van der Waals surface area (Å²) in [5.74, 6) is 0. The Labute approximate surface area is 68.3 Å². The van der Waals surface area contributed by atoms with Crippen LogP contribution in [0.2, 0.25) is 0 Å². The van der Waals surface area contributed by atoms with Gasteiger partial charge in [0.05, 0.1) is 0 Å². The summed E-state index contributed by atoms with van der Waals surface area (Å²) in [5.41, 5.74) is 3.41. The third kappa shape index (κ3) is 1.41. The van der Waals surface area contributed by atoms with Gasteiger partial charge in [-0.05, 0) is 12.8 Å². The van der Waals surface area contributed by atoms with Gasteiger partial charge in [0, 0.05) is 26.2 Å². The molecular formula is C8H17N3. The summed E-state index contributed by atoms with van der Waals surface area (Å²) in [6.07, 6.45) is 5.57. The van der Waals surface area contributed by atoms with Crippen LogP contribution in [0.15, 0.2) is 0 Å². The molecule has 0 amide bonds. The highest BCUT2D eigenvalue weighted by atomic mass is 15.8. The molecule has 1 aliphatic heterocycles. The van der Waals surface area contributed by atoms with Gasteiger partial charge in [-0.3, -0.25) is 0 Å². The highest BCUT2D eigenvalue weighted by molar-refractivity contribution is 4.76. The second kappa shape index (κ2) is 3.09. The van der Waals surface area contributed by atoms with Gasteiger partial charge in [-0.1, -0.05) is 12.8 Å². The van der Waals surface area contributed by atoms with Crippen LogP contribution in [0, 0.1) is 0 Å². The van der Waals surface area contributed by atoms with E-state index in [0.29, 0.717) is 0 Å². The van der Waals surface area contributed by atoms with Gasteiger partial charge in [0.15, 0.2) is 0 Å². The van der Waals surface area contributed by atoms with Crippen molar-refractivity contribution >= 4 is 0 Å². The van der Waals surface area contributed by atoms with Crippen LogP contribution < -0.4 is 5.43 Å². The van der Waals surface area contributed by atoms with Crippen LogP contribution in [0.1, 0.15) is 25.7 Å². The molecule has 1 aliphatic carbocycles. The average Bonchev–Trinajstić information content (AvgIpc) is 2.55. The highest BCUT2D eigenvalue weighted by Crippen LogP contribution is 2.23. The zero-order chi connectivity index (χ0) is 7.68. The number of nitrogens with one attached hydrogen (secondary N) is 1. The first kappa shape index (κ1) is 7.53. The SMILES string of the molecule is CN1CCNN1C1CCCC1. The van der Waals surface area contributed by atoms with Crippen molar-refractivity contribution in [2.75, 3.05) is 20.1 Å². The molecule has 3 nitrogen and oxygen atoms in total. The average molecular weight is 155 g/mol. The first-order valence-electron chi connectivity index (χ1n) is 4.62. The van der Waals surface area contributed by atoms with Crippen molar-refractivity contribution in [3.8, 4) is 0 Å². The number of likely N-dealkylation sites (N-methyl/N-ethyl adjacent to an activating group) is 1. The van der Waals surface area contributed by atoms with Crippen LogP contribution >= 0.6 is 0 Å². The predicted molar refractivity (Wildman–Crippen MR) is 44.7 cm³/mol. The van der Waals surface area contributed by atoms with Crippen LogP contribution in [0.5, 0.6) is 0 Å². The zero-order valence-electron chi connectivity index (χ0n) is 7.21. The molecule has 64 valence electrons. The van der Waals surface area contributed by atoms with E-state index in [9.17, 15) is 0 Å². The maximum atomic E-state index is 3.41. The van der Waals surface area contributed by atoms with E-state index in [4.69, 9.17) is 0 Å². The van der Waals surface area contributed by atoms with Gasteiger partial charge in [-0.25, -0.2) is 10.4 Å². The lowest BCUT2D eigenvalue weighted by molar-refractivity contribution is -0.0286. The van der Waals surface area contributed by atoms with Gasteiger partial charge in [0.2, 0.25) is 0 Å². The molecule has 1 saturated heterocycles. The van der Waals surface area contributed by atoms with E-state index in [2.05, 4.69) is 22.6 Å². The van der Waals surface area contributed by atoms with Crippen molar-refractivity contribution in [1.29, 1.82) is 0 Å². The lowest BCUT2D eigenvalue weighted by Crippen LogP contribution is -2.45. The van der Waals surface area contributed by atoms with Crippen LogP contribution in [0.4, 0.5) is 0 Å². The van der Waals surface area contributed by atoms with Crippen molar-refractivity contribution in [2.24, 2.45) is 0 Å². The molecule has 0 spiro atoms. The number of hydrazine groups is 2. The molecular weight excluding hydrogens is 138 g/mol. The molecule has 1 N–H and O–H groups in total. The fourth-order valence-corrected chi connectivity index (χ4v) is 2.11. The van der Waals surface area contributed by atoms with Gasteiger partial charge in [-0.15, -0.1) is 0 Å². The lowest BCUT2D eigenvalue weighted by atomic mass is 10.3. The summed E-state index contributed by atoms with van der Waals surface area (Å²) in [5, 5.41) is 4.63. The lowest BCUT2D eigenvalue weighted by Gasteiger charge is -2.29. The molecule has 0 radical (unpaired) electrons. The Morgan fingerprint density at radius 2 is 2.00 bits per heavy atom. The molecule has 0 aromatic carbocycles. The zero-order valence-corrected chi connectivity index (χ0v) is 7.21. The van der Waals surface area contributed by atoms with E-state index in [1.54, 1.807) is 0 Å². The van der Waals surface area contributed by atoms with Gasteiger partial charge in [0.1, 0.15) is 0 Å². The van der Waals surface area contributed by atoms with E-state index in [-0.39, 0.29) is 0 Å².